The second-order valence-electron chi connectivity index (χ2n) is 13.4. The number of H-pyrrole nitrogens is 2. The second-order valence-corrected chi connectivity index (χ2v) is 19.1. The molecule has 0 bridgehead atoms. The van der Waals surface area contributed by atoms with E-state index in [1.54, 1.807) is 0 Å². The Balaban J connectivity index is 1.27. The van der Waals surface area contributed by atoms with Gasteiger partial charge in [0.25, 0.3) is 0 Å². The summed E-state index contributed by atoms with van der Waals surface area (Å²) >= 11 is 0. The molecule has 8 aromatic rings. The Labute approximate surface area is 311 Å². The van der Waals surface area contributed by atoms with Crippen LogP contribution in [0.3, 0.4) is 0 Å². The van der Waals surface area contributed by atoms with Crippen molar-refractivity contribution in [3.8, 4) is 0 Å². The molecular weight excluding hydrogens is 686 g/mol. The fraction of sp³-hybridized carbons (Fsp3) is 0.0638. The van der Waals surface area contributed by atoms with Crippen LogP contribution in [-0.4, -0.2) is 9.97 Å². The van der Waals surface area contributed by atoms with E-state index in [-0.39, 0.29) is 0 Å². The lowest BCUT2D eigenvalue weighted by atomic mass is 9.69. The maximum Gasteiger partial charge on any atom is 0.148 e. The molecule has 0 fully saturated rings. The molecule has 0 amide bonds. The fourth-order valence-electron chi connectivity index (χ4n) is 7.63. The molecule has 0 unspecified atom stereocenters. The smallest absolute Gasteiger partial charge is 0.148 e. The summed E-state index contributed by atoms with van der Waals surface area (Å²) in [5.41, 5.74) is 4.99. The van der Waals surface area contributed by atoms with Crippen molar-refractivity contribution in [1.82, 2.24) is 9.97 Å². The maximum absolute atomic E-state index is 15.2. The molecule has 2 heterocycles. The van der Waals surface area contributed by atoms with E-state index in [0.717, 1.165) is 55.1 Å². The van der Waals surface area contributed by atoms with Crippen molar-refractivity contribution in [1.29, 1.82) is 0 Å². The van der Waals surface area contributed by atoms with Crippen molar-refractivity contribution in [2.24, 2.45) is 0 Å². The molecule has 0 aliphatic carbocycles. The number of hydrogen-bond acceptors (Lipinski definition) is 2. The van der Waals surface area contributed by atoms with Gasteiger partial charge in [-0.2, -0.15) is 0 Å². The first-order chi connectivity index (χ1) is 26.0. The fourth-order valence-corrected chi connectivity index (χ4v) is 12.9. The first-order valence-electron chi connectivity index (χ1n) is 17.9. The molecule has 53 heavy (non-hydrogen) atoms. The Morgan fingerprint density at radius 3 is 0.887 bits per heavy atom. The zero-order valence-electron chi connectivity index (χ0n) is 29.3. The van der Waals surface area contributed by atoms with Crippen molar-refractivity contribution in [3.05, 3.63) is 240 Å². The van der Waals surface area contributed by atoms with Gasteiger partial charge in [0, 0.05) is 56.3 Å². The van der Waals surface area contributed by atoms with E-state index in [4.69, 9.17) is 0 Å². The second kappa shape index (κ2) is 14.8. The van der Waals surface area contributed by atoms with E-state index in [1.165, 1.54) is 0 Å². The van der Waals surface area contributed by atoms with Crippen LogP contribution < -0.4 is 21.2 Å². The molecule has 2 aromatic heterocycles. The predicted molar refractivity (Wildman–Crippen MR) is 220 cm³/mol. The van der Waals surface area contributed by atoms with Crippen molar-refractivity contribution in [2.75, 3.05) is 0 Å². The summed E-state index contributed by atoms with van der Waals surface area (Å²) in [6.45, 7) is 0. The van der Waals surface area contributed by atoms with Gasteiger partial charge in [0.15, 0.2) is 0 Å². The van der Waals surface area contributed by atoms with Gasteiger partial charge in [-0.3, -0.25) is 0 Å². The third-order valence-electron chi connectivity index (χ3n) is 10.2. The highest BCUT2D eigenvalue weighted by atomic mass is 31.2. The van der Waals surface area contributed by atoms with Crippen molar-refractivity contribution in [2.45, 2.75) is 17.7 Å². The topological polar surface area (TPSA) is 65.7 Å². The summed E-state index contributed by atoms with van der Waals surface area (Å²) in [5, 5.41) is 3.31. The Morgan fingerprint density at radius 2 is 0.604 bits per heavy atom. The molecule has 0 aliphatic heterocycles. The quantitative estimate of drug-likeness (QED) is 0.123. The van der Waals surface area contributed by atoms with E-state index < -0.39 is 19.7 Å². The molecule has 2 N–H and O–H groups in total. The molecule has 0 spiro atoms. The highest BCUT2D eigenvalue weighted by Gasteiger charge is 2.42. The van der Waals surface area contributed by atoms with Gasteiger partial charge in [-0.05, 0) is 35.4 Å². The van der Waals surface area contributed by atoms with Gasteiger partial charge in [0.2, 0.25) is 0 Å². The van der Waals surface area contributed by atoms with Gasteiger partial charge in [0.05, 0.1) is 0 Å². The maximum atomic E-state index is 15.2. The molecule has 8 rings (SSSR count). The summed E-state index contributed by atoms with van der Waals surface area (Å²) in [6, 6.07) is 68.7. The Bertz CT molecular complexity index is 2230. The molecule has 0 saturated heterocycles. The first kappa shape index (κ1) is 34.4. The van der Waals surface area contributed by atoms with E-state index in [2.05, 4.69) is 82.8 Å². The number of aromatic amines is 2. The minimum absolute atomic E-state index is 0.341. The normalized spacial score (nSPS) is 12.1. The molecule has 6 aromatic carbocycles. The average Bonchev–Trinajstić information content (AvgIpc) is 3.90. The zero-order chi connectivity index (χ0) is 36.1. The van der Waals surface area contributed by atoms with Crippen LogP contribution in [0.2, 0.25) is 0 Å². The summed E-state index contributed by atoms with van der Waals surface area (Å²) < 4.78 is 30.3. The van der Waals surface area contributed by atoms with Crippen LogP contribution in [0.1, 0.15) is 33.9 Å². The van der Waals surface area contributed by atoms with Crippen LogP contribution in [0, 0.1) is 0 Å². The molecule has 6 heteroatoms. The standard InChI is InChI=1S/C47H40N2O2P2/c50-52(41-23-11-3-12-24-41,42-25-13-4-14-26-42)35-39-31-33-45(48-39)47(37-19-7-1-8-20-37,38-21-9-2-10-22-38)46-34-32-40(49-46)36-53(51,43-27-15-5-16-28-43)44-29-17-6-18-30-44/h1-34,48-49H,35-36H2. The monoisotopic (exact) mass is 726 g/mol. The average molecular weight is 727 g/mol. The summed E-state index contributed by atoms with van der Waals surface area (Å²) in [7, 11) is -6.10. The lowest BCUT2D eigenvalue weighted by Crippen LogP contribution is -2.32. The molecule has 260 valence electrons. The predicted octanol–water partition coefficient (Wildman–Crippen LogP) is 9.75. The van der Waals surface area contributed by atoms with Gasteiger partial charge in [-0.15, -0.1) is 0 Å². The van der Waals surface area contributed by atoms with Crippen LogP contribution >= 0.6 is 14.3 Å². The largest absolute Gasteiger partial charge is 0.361 e. The van der Waals surface area contributed by atoms with Crippen molar-refractivity contribution >= 4 is 35.5 Å². The summed E-state index contributed by atoms with van der Waals surface area (Å²) in [6.07, 6.45) is 0.683. The Kier molecular flexibility index (Phi) is 9.59. The lowest BCUT2D eigenvalue weighted by molar-refractivity contribution is 0.585. The highest BCUT2D eigenvalue weighted by Crippen LogP contribution is 2.50. The summed E-state index contributed by atoms with van der Waals surface area (Å²) in [4.78, 5) is 7.61. The third kappa shape index (κ3) is 6.51. The number of hydrogen-bond donors (Lipinski definition) is 2. The van der Waals surface area contributed by atoms with Crippen LogP contribution in [0.15, 0.2) is 206 Å². The van der Waals surface area contributed by atoms with Crippen LogP contribution in [0.4, 0.5) is 0 Å². The van der Waals surface area contributed by atoms with Crippen LogP contribution in [0.25, 0.3) is 0 Å². The molecule has 0 radical (unpaired) electrons. The van der Waals surface area contributed by atoms with Gasteiger partial charge in [0.1, 0.15) is 19.7 Å². The number of nitrogens with one attached hydrogen (secondary N) is 2. The lowest BCUT2D eigenvalue weighted by Gasteiger charge is -2.34. The van der Waals surface area contributed by atoms with E-state index in [9.17, 15) is 0 Å². The third-order valence-corrected chi connectivity index (χ3v) is 16.3. The number of rotatable bonds is 12. The van der Waals surface area contributed by atoms with Gasteiger partial charge >= 0.3 is 0 Å². The van der Waals surface area contributed by atoms with Gasteiger partial charge in [-0.25, -0.2) is 0 Å². The van der Waals surface area contributed by atoms with E-state index in [1.807, 2.05) is 133 Å². The SMILES string of the molecule is O=P(Cc1ccc(C(c2ccccc2)(c2ccccc2)c2ccc(CP(=O)(c3ccccc3)c3ccccc3)[nH]2)[nH]1)(c1ccccc1)c1ccccc1. The van der Waals surface area contributed by atoms with E-state index >= 15 is 9.13 Å². The van der Waals surface area contributed by atoms with Crippen molar-refractivity contribution < 1.29 is 9.13 Å². The molecule has 0 saturated carbocycles. The molecular formula is C47H40N2O2P2. The molecule has 0 aliphatic rings. The zero-order valence-corrected chi connectivity index (χ0v) is 31.0. The Hall–Kier alpha value is -5.66. The minimum Gasteiger partial charge on any atom is -0.361 e. The minimum atomic E-state index is -3.05. The van der Waals surface area contributed by atoms with Crippen LogP contribution in [-0.2, 0) is 26.9 Å². The number of aromatic nitrogens is 2. The van der Waals surface area contributed by atoms with Gasteiger partial charge < -0.3 is 19.1 Å². The highest BCUT2D eigenvalue weighted by molar-refractivity contribution is 7.78. The molecule has 0 atom stereocenters. The van der Waals surface area contributed by atoms with Crippen LogP contribution in [0.5, 0.6) is 0 Å². The first-order valence-corrected chi connectivity index (χ1v) is 21.7. The van der Waals surface area contributed by atoms with E-state index in [0.29, 0.717) is 12.3 Å². The number of benzene rings is 6. The molecule has 4 nitrogen and oxygen atoms in total. The Morgan fingerprint density at radius 1 is 0.340 bits per heavy atom. The van der Waals surface area contributed by atoms with Crippen molar-refractivity contribution in [3.63, 3.8) is 0 Å². The summed E-state index contributed by atoms with van der Waals surface area (Å²) in [5.74, 6) is 0. The van der Waals surface area contributed by atoms with Gasteiger partial charge in [-0.1, -0.05) is 182 Å².